The maximum absolute atomic E-state index is 14.6. The van der Waals surface area contributed by atoms with Crippen LogP contribution >= 0.6 is 11.6 Å². The number of likely N-dealkylation sites (tertiary alicyclic amines) is 1. The van der Waals surface area contributed by atoms with E-state index in [4.69, 9.17) is 16.3 Å². The SMILES string of the molecule is CC[C@@H](CO)N1C(=O)[C@@H]2[C@@H]3C(=O)N(c4ccccc4)CC=C[C@]3(CC)O[C@@]23C=CCN(c2ccccc2Cl)C(=O)C13. The molecule has 2 saturated heterocycles. The van der Waals surface area contributed by atoms with Gasteiger partial charge in [0, 0.05) is 18.8 Å². The zero-order valence-corrected chi connectivity index (χ0v) is 23.9. The molecule has 6 rings (SSSR count). The molecule has 0 aromatic heterocycles. The number of anilines is 2. The van der Waals surface area contributed by atoms with Crippen molar-refractivity contribution in [1.82, 2.24) is 4.90 Å². The Morgan fingerprint density at radius 1 is 0.902 bits per heavy atom. The first-order valence-corrected chi connectivity index (χ1v) is 14.6. The standard InChI is InChI=1S/C32H34ClN3O5/c1-3-21(20-37)36-27-30(40)35(24-15-9-8-14-23(24)33)19-11-17-32(27)26(29(36)39)25-28(38)34(22-12-6-5-7-13-22)18-10-16-31(25,4-2)41-32/h5-17,21,25-27,37H,3-4,18-20H2,1-2H3/t21-,25+,26-,27?,31-,32-/m0/s1. The number of benzene rings is 2. The normalized spacial score (nSPS) is 31.6. The molecule has 9 heteroatoms. The van der Waals surface area contributed by atoms with Gasteiger partial charge in [0.25, 0.3) is 5.91 Å². The van der Waals surface area contributed by atoms with Crippen LogP contribution in [0.4, 0.5) is 11.4 Å². The zero-order chi connectivity index (χ0) is 28.9. The number of ether oxygens (including phenoxy) is 1. The Labute approximate surface area is 244 Å². The summed E-state index contributed by atoms with van der Waals surface area (Å²) < 4.78 is 7.01. The summed E-state index contributed by atoms with van der Waals surface area (Å²) in [6, 6.07) is 14.8. The smallest absolute Gasteiger partial charge is 0.253 e. The van der Waals surface area contributed by atoms with E-state index < -0.39 is 35.1 Å². The van der Waals surface area contributed by atoms with Gasteiger partial charge >= 0.3 is 0 Å². The molecule has 4 aliphatic heterocycles. The molecule has 2 fully saturated rings. The summed E-state index contributed by atoms with van der Waals surface area (Å²) in [6.45, 7) is 4.05. The second-order valence-electron chi connectivity index (χ2n) is 11.1. The van der Waals surface area contributed by atoms with Gasteiger partial charge in [-0.2, -0.15) is 0 Å². The third-order valence-corrected chi connectivity index (χ3v) is 9.48. The maximum Gasteiger partial charge on any atom is 0.253 e. The minimum absolute atomic E-state index is 0.219. The van der Waals surface area contributed by atoms with Gasteiger partial charge in [0.2, 0.25) is 11.8 Å². The highest BCUT2D eigenvalue weighted by molar-refractivity contribution is 6.34. The summed E-state index contributed by atoms with van der Waals surface area (Å²) in [7, 11) is 0. The lowest BCUT2D eigenvalue weighted by atomic mass is 9.73. The number of para-hydroxylation sites is 2. The minimum atomic E-state index is -1.41. The van der Waals surface area contributed by atoms with E-state index in [1.165, 1.54) is 4.90 Å². The van der Waals surface area contributed by atoms with Crippen molar-refractivity contribution in [2.75, 3.05) is 29.5 Å². The molecule has 2 aromatic carbocycles. The number of hydrogen-bond acceptors (Lipinski definition) is 5. The molecular formula is C32H34ClN3O5. The molecule has 8 nitrogen and oxygen atoms in total. The van der Waals surface area contributed by atoms with E-state index in [1.807, 2.05) is 68.5 Å². The first kappa shape index (κ1) is 27.7. The number of rotatable bonds is 6. The lowest BCUT2D eigenvalue weighted by molar-refractivity contribution is -0.149. The Hall–Kier alpha value is -3.46. The van der Waals surface area contributed by atoms with Crippen LogP contribution in [0.15, 0.2) is 78.9 Å². The molecule has 1 unspecified atom stereocenters. The second kappa shape index (κ2) is 10.4. The topological polar surface area (TPSA) is 90.4 Å². The van der Waals surface area contributed by atoms with Gasteiger partial charge in [-0.25, -0.2) is 0 Å². The van der Waals surface area contributed by atoms with Gasteiger partial charge in [-0.05, 0) is 37.1 Å². The average molecular weight is 576 g/mol. The summed E-state index contributed by atoms with van der Waals surface area (Å²) >= 11 is 6.54. The van der Waals surface area contributed by atoms with Gasteiger partial charge in [-0.3, -0.25) is 14.4 Å². The minimum Gasteiger partial charge on any atom is -0.394 e. The van der Waals surface area contributed by atoms with Crippen LogP contribution in [0.2, 0.25) is 5.02 Å². The Morgan fingerprint density at radius 2 is 1.59 bits per heavy atom. The van der Waals surface area contributed by atoms with Gasteiger partial charge < -0.3 is 24.5 Å². The highest BCUT2D eigenvalue weighted by atomic mass is 35.5. The van der Waals surface area contributed by atoms with E-state index >= 15 is 0 Å². The second-order valence-corrected chi connectivity index (χ2v) is 11.5. The molecule has 0 aliphatic carbocycles. The van der Waals surface area contributed by atoms with E-state index in [-0.39, 0.29) is 30.9 Å². The molecule has 0 radical (unpaired) electrons. The third-order valence-electron chi connectivity index (χ3n) is 9.16. The summed E-state index contributed by atoms with van der Waals surface area (Å²) in [5.41, 5.74) is -1.24. The lowest BCUT2D eigenvalue weighted by Gasteiger charge is -2.40. The Bertz CT molecular complexity index is 1430. The lowest BCUT2D eigenvalue weighted by Crippen LogP contribution is -2.59. The zero-order valence-electron chi connectivity index (χ0n) is 23.2. The first-order chi connectivity index (χ1) is 19.8. The molecule has 41 heavy (non-hydrogen) atoms. The van der Waals surface area contributed by atoms with E-state index in [9.17, 15) is 19.5 Å². The van der Waals surface area contributed by atoms with Crippen LogP contribution in [-0.4, -0.2) is 70.7 Å². The number of fused-ring (bicyclic) bond motifs is 2. The van der Waals surface area contributed by atoms with Crippen molar-refractivity contribution >= 4 is 40.7 Å². The predicted octanol–water partition coefficient (Wildman–Crippen LogP) is 3.98. The number of aliphatic hydroxyl groups excluding tert-OH is 1. The van der Waals surface area contributed by atoms with Crippen LogP contribution in [0, 0.1) is 11.8 Å². The fraction of sp³-hybridized carbons (Fsp3) is 0.406. The van der Waals surface area contributed by atoms with Crippen LogP contribution in [0.3, 0.4) is 0 Å². The number of halogens is 1. The van der Waals surface area contributed by atoms with Crippen molar-refractivity contribution in [3.05, 3.63) is 83.9 Å². The Kier molecular flexibility index (Phi) is 7.04. The number of amides is 3. The van der Waals surface area contributed by atoms with Gasteiger partial charge in [0.05, 0.1) is 40.8 Å². The number of aliphatic hydroxyl groups is 1. The Morgan fingerprint density at radius 3 is 2.27 bits per heavy atom. The third kappa shape index (κ3) is 3.99. The van der Waals surface area contributed by atoms with Gasteiger partial charge in [0.15, 0.2) is 0 Å². The number of nitrogens with zero attached hydrogens (tertiary/aromatic N) is 3. The highest BCUT2D eigenvalue weighted by Gasteiger charge is 2.76. The van der Waals surface area contributed by atoms with E-state index in [1.54, 1.807) is 34.1 Å². The van der Waals surface area contributed by atoms with Crippen LogP contribution in [0.1, 0.15) is 26.7 Å². The fourth-order valence-electron chi connectivity index (χ4n) is 7.23. The quantitative estimate of drug-likeness (QED) is 0.526. The van der Waals surface area contributed by atoms with E-state index in [2.05, 4.69) is 0 Å². The molecule has 1 N–H and O–H groups in total. The Balaban J connectivity index is 1.53. The molecule has 0 saturated carbocycles. The predicted molar refractivity (Wildman–Crippen MR) is 156 cm³/mol. The van der Waals surface area contributed by atoms with Crippen molar-refractivity contribution in [2.45, 2.75) is 50.0 Å². The van der Waals surface area contributed by atoms with Crippen LogP contribution in [0.25, 0.3) is 0 Å². The fourth-order valence-corrected chi connectivity index (χ4v) is 7.47. The molecule has 3 amide bonds. The van der Waals surface area contributed by atoms with Gasteiger partial charge in [-0.1, -0.05) is 80.1 Å². The van der Waals surface area contributed by atoms with Crippen molar-refractivity contribution in [3.8, 4) is 0 Å². The molecular weight excluding hydrogens is 542 g/mol. The van der Waals surface area contributed by atoms with Gasteiger partial charge in [0.1, 0.15) is 11.6 Å². The average Bonchev–Trinajstić information content (AvgIpc) is 3.28. The summed E-state index contributed by atoms with van der Waals surface area (Å²) in [5, 5.41) is 10.8. The van der Waals surface area contributed by atoms with Crippen molar-refractivity contribution in [1.29, 1.82) is 0 Å². The van der Waals surface area contributed by atoms with Crippen molar-refractivity contribution in [2.24, 2.45) is 11.8 Å². The monoisotopic (exact) mass is 575 g/mol. The van der Waals surface area contributed by atoms with Crippen LogP contribution < -0.4 is 9.80 Å². The van der Waals surface area contributed by atoms with Crippen LogP contribution in [-0.2, 0) is 19.1 Å². The first-order valence-electron chi connectivity index (χ1n) is 14.2. The molecule has 214 valence electrons. The van der Waals surface area contributed by atoms with E-state index in [0.717, 1.165) is 5.69 Å². The molecule has 0 bridgehead atoms. The van der Waals surface area contributed by atoms with Gasteiger partial charge in [-0.15, -0.1) is 0 Å². The largest absolute Gasteiger partial charge is 0.394 e. The van der Waals surface area contributed by atoms with Crippen molar-refractivity contribution < 1.29 is 24.2 Å². The summed E-state index contributed by atoms with van der Waals surface area (Å²) in [4.78, 5) is 48.5. The van der Waals surface area contributed by atoms with Crippen LogP contribution in [0.5, 0.6) is 0 Å². The highest BCUT2D eigenvalue weighted by Crippen LogP contribution is 2.59. The summed E-state index contributed by atoms with van der Waals surface area (Å²) in [6.07, 6.45) is 8.36. The molecule has 4 heterocycles. The van der Waals surface area contributed by atoms with E-state index in [0.29, 0.717) is 30.1 Å². The molecule has 4 aliphatic rings. The number of hydrogen-bond donors (Lipinski definition) is 1. The summed E-state index contributed by atoms with van der Waals surface area (Å²) in [5.74, 6) is -2.76. The number of carbonyl (C=O) groups is 3. The number of carbonyl (C=O) groups excluding carboxylic acids is 3. The molecule has 2 aromatic rings. The molecule has 6 atom stereocenters. The van der Waals surface area contributed by atoms with Crippen molar-refractivity contribution in [3.63, 3.8) is 0 Å². The maximum atomic E-state index is 14.6. The molecule has 1 spiro atoms.